The number of likely N-dealkylation sites (tertiary alicyclic amines) is 1. The molecule has 2 rings (SSSR count). The Kier molecular flexibility index (Phi) is 4.95. The van der Waals surface area contributed by atoms with E-state index >= 15 is 0 Å². The Morgan fingerprint density at radius 2 is 1.80 bits per heavy atom. The van der Waals surface area contributed by atoms with Crippen molar-refractivity contribution in [2.24, 2.45) is 5.92 Å². The quantitative estimate of drug-likeness (QED) is 0.864. The molecule has 2 aliphatic rings. The molecule has 1 atom stereocenters. The van der Waals surface area contributed by atoms with E-state index in [1.165, 1.54) is 32.1 Å². The van der Waals surface area contributed by atoms with Crippen LogP contribution in [-0.4, -0.2) is 41.8 Å². The van der Waals surface area contributed by atoms with Crippen molar-refractivity contribution in [3.8, 4) is 0 Å². The normalized spacial score (nSPS) is 23.3. The number of hydrogen-bond donors (Lipinski definition) is 1. The van der Waals surface area contributed by atoms with Crippen molar-refractivity contribution < 1.29 is 9.53 Å². The van der Waals surface area contributed by atoms with Gasteiger partial charge in [0.1, 0.15) is 5.60 Å². The Balaban J connectivity index is 1.67. The molecule has 1 amide bonds. The Morgan fingerprint density at radius 1 is 1.20 bits per heavy atom. The molecule has 1 aliphatic heterocycles. The van der Waals surface area contributed by atoms with Crippen LogP contribution in [-0.2, 0) is 4.74 Å². The SMILES string of the molecule is CC(NC1CN(C(=O)OC(C)(C)C)C1)C1CCCCC1. The molecular weight excluding hydrogens is 252 g/mol. The summed E-state index contributed by atoms with van der Waals surface area (Å²) in [7, 11) is 0. The number of ether oxygens (including phenoxy) is 1. The summed E-state index contributed by atoms with van der Waals surface area (Å²) in [6.07, 6.45) is 6.70. The van der Waals surface area contributed by atoms with E-state index in [9.17, 15) is 4.79 Å². The summed E-state index contributed by atoms with van der Waals surface area (Å²) in [4.78, 5) is 13.6. The number of hydrogen-bond acceptors (Lipinski definition) is 3. The summed E-state index contributed by atoms with van der Waals surface area (Å²) in [5.74, 6) is 0.819. The number of carbonyl (C=O) groups is 1. The first-order chi connectivity index (χ1) is 9.35. The Labute approximate surface area is 123 Å². The first kappa shape index (κ1) is 15.6. The number of nitrogens with zero attached hydrogens (tertiary/aromatic N) is 1. The summed E-state index contributed by atoms with van der Waals surface area (Å²) in [6, 6.07) is 1.01. The van der Waals surface area contributed by atoms with Gasteiger partial charge in [0.25, 0.3) is 0 Å². The predicted molar refractivity (Wildman–Crippen MR) is 80.8 cm³/mol. The van der Waals surface area contributed by atoms with Gasteiger partial charge in [0.15, 0.2) is 0 Å². The third-order valence-corrected chi connectivity index (χ3v) is 4.39. The number of rotatable bonds is 3. The standard InChI is InChI=1S/C16H30N2O2/c1-12(13-8-6-5-7-9-13)17-14-10-18(11-14)15(19)20-16(2,3)4/h12-14,17H,5-11H2,1-4H3. The molecule has 1 saturated heterocycles. The topological polar surface area (TPSA) is 41.6 Å². The lowest BCUT2D eigenvalue weighted by Gasteiger charge is -2.42. The minimum atomic E-state index is -0.398. The summed E-state index contributed by atoms with van der Waals surface area (Å²) in [6.45, 7) is 9.59. The van der Waals surface area contributed by atoms with Crippen molar-refractivity contribution >= 4 is 6.09 Å². The van der Waals surface area contributed by atoms with Crippen LogP contribution in [0.1, 0.15) is 59.8 Å². The lowest BCUT2D eigenvalue weighted by Crippen LogP contribution is -2.62. The van der Waals surface area contributed by atoms with E-state index in [2.05, 4.69) is 12.2 Å². The van der Waals surface area contributed by atoms with E-state index in [1.807, 2.05) is 20.8 Å². The molecular formula is C16H30N2O2. The Hall–Kier alpha value is -0.770. The molecule has 1 heterocycles. The van der Waals surface area contributed by atoms with Gasteiger partial charge in [0.05, 0.1) is 0 Å². The molecule has 2 fully saturated rings. The molecule has 116 valence electrons. The van der Waals surface area contributed by atoms with Gasteiger partial charge in [0.2, 0.25) is 0 Å². The molecule has 0 radical (unpaired) electrons. The maximum absolute atomic E-state index is 11.8. The first-order valence-electron chi connectivity index (χ1n) is 8.09. The number of carbonyl (C=O) groups excluding carboxylic acids is 1. The molecule has 1 N–H and O–H groups in total. The van der Waals surface area contributed by atoms with Crippen molar-refractivity contribution in [1.29, 1.82) is 0 Å². The highest BCUT2D eigenvalue weighted by molar-refractivity contribution is 5.69. The van der Waals surface area contributed by atoms with E-state index < -0.39 is 5.60 Å². The van der Waals surface area contributed by atoms with Crippen LogP contribution < -0.4 is 5.32 Å². The van der Waals surface area contributed by atoms with Gasteiger partial charge in [-0.15, -0.1) is 0 Å². The summed E-state index contributed by atoms with van der Waals surface area (Å²) in [5, 5.41) is 3.68. The zero-order valence-electron chi connectivity index (χ0n) is 13.4. The summed E-state index contributed by atoms with van der Waals surface area (Å²) in [5.41, 5.74) is -0.398. The maximum atomic E-state index is 11.8. The van der Waals surface area contributed by atoms with Crippen LogP contribution >= 0.6 is 0 Å². The van der Waals surface area contributed by atoms with Crippen molar-refractivity contribution in [2.45, 2.75) is 77.5 Å². The molecule has 4 nitrogen and oxygen atoms in total. The van der Waals surface area contributed by atoms with E-state index in [4.69, 9.17) is 4.74 Å². The van der Waals surface area contributed by atoms with Gasteiger partial charge in [-0.2, -0.15) is 0 Å². The van der Waals surface area contributed by atoms with Gasteiger partial charge in [-0.3, -0.25) is 0 Å². The molecule has 1 aliphatic carbocycles. The van der Waals surface area contributed by atoms with Gasteiger partial charge >= 0.3 is 6.09 Å². The van der Waals surface area contributed by atoms with Crippen LogP contribution in [0.5, 0.6) is 0 Å². The average molecular weight is 282 g/mol. The van der Waals surface area contributed by atoms with Crippen LogP contribution in [0.15, 0.2) is 0 Å². The van der Waals surface area contributed by atoms with E-state index in [1.54, 1.807) is 4.90 Å². The van der Waals surface area contributed by atoms with Gasteiger partial charge < -0.3 is 15.0 Å². The van der Waals surface area contributed by atoms with Gasteiger partial charge in [-0.05, 0) is 46.5 Å². The number of nitrogens with one attached hydrogen (secondary N) is 1. The fourth-order valence-corrected chi connectivity index (χ4v) is 3.20. The second kappa shape index (κ2) is 6.33. The van der Waals surface area contributed by atoms with Crippen molar-refractivity contribution in [3.05, 3.63) is 0 Å². The van der Waals surface area contributed by atoms with Crippen molar-refractivity contribution in [3.63, 3.8) is 0 Å². The molecule has 20 heavy (non-hydrogen) atoms. The average Bonchev–Trinajstić information content (AvgIpc) is 2.31. The van der Waals surface area contributed by atoms with E-state index in [0.717, 1.165) is 19.0 Å². The third kappa shape index (κ3) is 4.37. The Morgan fingerprint density at radius 3 is 2.35 bits per heavy atom. The molecule has 4 heteroatoms. The highest BCUT2D eigenvalue weighted by Gasteiger charge is 2.35. The predicted octanol–water partition coefficient (Wildman–Crippen LogP) is 3.16. The van der Waals surface area contributed by atoms with Gasteiger partial charge in [-0.1, -0.05) is 19.3 Å². The van der Waals surface area contributed by atoms with Gasteiger partial charge in [0, 0.05) is 25.2 Å². The van der Waals surface area contributed by atoms with E-state index in [0.29, 0.717) is 12.1 Å². The fraction of sp³-hybridized carbons (Fsp3) is 0.938. The molecule has 0 aromatic rings. The molecule has 1 saturated carbocycles. The second-order valence-electron chi connectivity index (χ2n) is 7.44. The maximum Gasteiger partial charge on any atom is 0.410 e. The minimum Gasteiger partial charge on any atom is -0.444 e. The highest BCUT2D eigenvalue weighted by atomic mass is 16.6. The van der Waals surface area contributed by atoms with Crippen LogP contribution in [0.25, 0.3) is 0 Å². The van der Waals surface area contributed by atoms with Crippen molar-refractivity contribution in [2.75, 3.05) is 13.1 Å². The summed E-state index contributed by atoms with van der Waals surface area (Å²) >= 11 is 0. The monoisotopic (exact) mass is 282 g/mol. The number of amides is 1. The molecule has 0 aromatic heterocycles. The van der Waals surface area contributed by atoms with Crippen LogP contribution in [0.2, 0.25) is 0 Å². The van der Waals surface area contributed by atoms with Crippen LogP contribution in [0, 0.1) is 5.92 Å². The van der Waals surface area contributed by atoms with Crippen LogP contribution in [0.4, 0.5) is 4.79 Å². The largest absolute Gasteiger partial charge is 0.444 e. The molecule has 0 bridgehead atoms. The smallest absolute Gasteiger partial charge is 0.410 e. The molecule has 0 spiro atoms. The molecule has 1 unspecified atom stereocenters. The Bertz CT molecular complexity index is 326. The van der Waals surface area contributed by atoms with Gasteiger partial charge in [-0.25, -0.2) is 4.79 Å². The lowest BCUT2D eigenvalue weighted by molar-refractivity contribution is 0.00330. The summed E-state index contributed by atoms with van der Waals surface area (Å²) < 4.78 is 5.37. The zero-order chi connectivity index (χ0) is 14.8. The zero-order valence-corrected chi connectivity index (χ0v) is 13.4. The van der Waals surface area contributed by atoms with Crippen LogP contribution in [0.3, 0.4) is 0 Å². The fourth-order valence-electron chi connectivity index (χ4n) is 3.20. The minimum absolute atomic E-state index is 0.180. The highest BCUT2D eigenvalue weighted by Crippen LogP contribution is 2.27. The third-order valence-electron chi connectivity index (χ3n) is 4.39. The van der Waals surface area contributed by atoms with E-state index in [-0.39, 0.29) is 6.09 Å². The van der Waals surface area contributed by atoms with Crippen molar-refractivity contribution in [1.82, 2.24) is 10.2 Å². The first-order valence-corrected chi connectivity index (χ1v) is 8.09. The second-order valence-corrected chi connectivity index (χ2v) is 7.44. The molecule has 0 aromatic carbocycles. The lowest BCUT2D eigenvalue weighted by atomic mass is 9.84.